The number of fused-ring (bicyclic) bond motifs is 7. The highest BCUT2D eigenvalue weighted by Gasteiger charge is 2.16. The molecule has 0 fully saturated rings. The van der Waals surface area contributed by atoms with Crippen molar-refractivity contribution in [1.29, 1.82) is 0 Å². The first-order chi connectivity index (χ1) is 24.3. The molecule has 0 N–H and O–H groups in total. The minimum Gasteiger partial charge on any atom is -0.309 e. The first kappa shape index (κ1) is 27.7. The predicted molar refractivity (Wildman–Crippen MR) is 210 cm³/mol. The summed E-state index contributed by atoms with van der Waals surface area (Å²) in [4.78, 5) is 0. The van der Waals surface area contributed by atoms with Crippen LogP contribution in [0.1, 0.15) is 0 Å². The van der Waals surface area contributed by atoms with E-state index in [-0.39, 0.29) is 0 Å². The van der Waals surface area contributed by atoms with E-state index in [1.54, 1.807) is 0 Å². The SMILES string of the molecule is c1ccc(-c2ccc(-n3c4ccccc4c4c5cc(-c6ccc7cc(-c8cccc9ccccc89)ccc7c6)ccc5ccc43)cc2)cc1. The van der Waals surface area contributed by atoms with E-state index in [0.29, 0.717) is 0 Å². The Morgan fingerprint density at radius 1 is 0.286 bits per heavy atom. The Labute approximate surface area is 284 Å². The first-order valence-corrected chi connectivity index (χ1v) is 16.9. The molecule has 0 saturated carbocycles. The molecule has 0 aliphatic rings. The molecular formula is C48H31N. The third kappa shape index (κ3) is 4.55. The minimum atomic E-state index is 1.17. The Hall–Kier alpha value is -6.44. The lowest BCUT2D eigenvalue weighted by molar-refractivity contribution is 1.18. The quantitative estimate of drug-likeness (QED) is 0.184. The van der Waals surface area contributed by atoms with E-state index in [0.717, 1.165) is 0 Å². The largest absolute Gasteiger partial charge is 0.309 e. The van der Waals surface area contributed by atoms with Crippen LogP contribution in [0, 0.1) is 0 Å². The summed E-state index contributed by atoms with van der Waals surface area (Å²) in [6.07, 6.45) is 0. The van der Waals surface area contributed by atoms with Crippen LogP contribution in [0.2, 0.25) is 0 Å². The van der Waals surface area contributed by atoms with Gasteiger partial charge in [0.25, 0.3) is 0 Å². The van der Waals surface area contributed by atoms with Crippen LogP contribution in [-0.2, 0) is 0 Å². The molecule has 0 aliphatic carbocycles. The lowest BCUT2D eigenvalue weighted by Gasteiger charge is -2.11. The summed E-state index contributed by atoms with van der Waals surface area (Å²) >= 11 is 0. The van der Waals surface area contributed by atoms with Gasteiger partial charge in [0, 0.05) is 16.5 Å². The molecule has 0 bridgehead atoms. The van der Waals surface area contributed by atoms with Gasteiger partial charge in [0.05, 0.1) is 11.0 Å². The smallest absolute Gasteiger partial charge is 0.0547 e. The molecule has 0 saturated heterocycles. The summed E-state index contributed by atoms with van der Waals surface area (Å²) in [6, 6.07) is 68.8. The highest BCUT2D eigenvalue weighted by molar-refractivity contribution is 6.22. The van der Waals surface area contributed by atoms with Crippen molar-refractivity contribution in [3.05, 3.63) is 188 Å². The monoisotopic (exact) mass is 621 g/mol. The van der Waals surface area contributed by atoms with Gasteiger partial charge in [-0.05, 0) is 108 Å². The van der Waals surface area contributed by atoms with Crippen LogP contribution in [0.25, 0.3) is 93.2 Å². The van der Waals surface area contributed by atoms with Gasteiger partial charge in [-0.25, -0.2) is 0 Å². The Morgan fingerprint density at radius 3 is 1.69 bits per heavy atom. The standard InChI is InChI=1S/C48H31N/c1-2-9-32(10-3-1)33-23-26-41(27-24-33)49-46-16-7-6-14-44(46)48-45-31-39(18-17-35(45)25-28-47(48)49)37-19-20-38-30-40(22-21-36(38)29-37)43-15-8-12-34-11-4-5-13-42(34)43/h1-31H. The van der Waals surface area contributed by atoms with Gasteiger partial charge in [-0.3, -0.25) is 0 Å². The van der Waals surface area contributed by atoms with Crippen molar-refractivity contribution in [2.24, 2.45) is 0 Å². The van der Waals surface area contributed by atoms with Crippen LogP contribution >= 0.6 is 0 Å². The molecule has 0 unspecified atom stereocenters. The van der Waals surface area contributed by atoms with Crippen LogP contribution in [0.15, 0.2) is 188 Å². The highest BCUT2D eigenvalue weighted by Crippen LogP contribution is 2.39. The van der Waals surface area contributed by atoms with Crippen molar-refractivity contribution in [2.75, 3.05) is 0 Å². The fourth-order valence-electron chi connectivity index (χ4n) is 7.75. The lowest BCUT2D eigenvalue weighted by Crippen LogP contribution is -1.93. The zero-order chi connectivity index (χ0) is 32.3. The van der Waals surface area contributed by atoms with Gasteiger partial charge in [-0.15, -0.1) is 0 Å². The number of nitrogens with zero attached hydrogens (tertiary/aromatic N) is 1. The van der Waals surface area contributed by atoms with Crippen molar-refractivity contribution >= 4 is 54.1 Å². The van der Waals surface area contributed by atoms with Crippen molar-refractivity contribution in [3.8, 4) is 39.1 Å². The van der Waals surface area contributed by atoms with Crippen molar-refractivity contribution < 1.29 is 0 Å². The van der Waals surface area contributed by atoms with E-state index in [2.05, 4.69) is 193 Å². The molecule has 9 aromatic carbocycles. The van der Waals surface area contributed by atoms with E-state index < -0.39 is 0 Å². The Bertz CT molecular complexity index is 2850. The predicted octanol–water partition coefficient (Wildman–Crippen LogP) is 13.2. The van der Waals surface area contributed by atoms with Crippen LogP contribution in [0.5, 0.6) is 0 Å². The number of benzene rings is 9. The van der Waals surface area contributed by atoms with Gasteiger partial charge in [0.1, 0.15) is 0 Å². The first-order valence-electron chi connectivity index (χ1n) is 16.9. The fourth-order valence-corrected chi connectivity index (χ4v) is 7.75. The van der Waals surface area contributed by atoms with Crippen LogP contribution < -0.4 is 0 Å². The summed E-state index contributed by atoms with van der Waals surface area (Å²) in [5.41, 5.74) is 11.0. The van der Waals surface area contributed by atoms with Gasteiger partial charge in [0.2, 0.25) is 0 Å². The second-order valence-corrected chi connectivity index (χ2v) is 13.0. The molecule has 1 heteroatoms. The van der Waals surface area contributed by atoms with Gasteiger partial charge in [0.15, 0.2) is 0 Å². The van der Waals surface area contributed by atoms with E-state index in [1.807, 2.05) is 0 Å². The van der Waals surface area contributed by atoms with Crippen molar-refractivity contribution in [1.82, 2.24) is 4.57 Å². The molecule has 1 nitrogen and oxygen atoms in total. The fraction of sp³-hybridized carbons (Fsp3) is 0. The van der Waals surface area contributed by atoms with Crippen LogP contribution in [0.3, 0.4) is 0 Å². The van der Waals surface area contributed by atoms with Crippen molar-refractivity contribution in [3.63, 3.8) is 0 Å². The van der Waals surface area contributed by atoms with Gasteiger partial charge in [-0.2, -0.15) is 0 Å². The summed E-state index contributed by atoms with van der Waals surface area (Å²) in [5.74, 6) is 0. The average Bonchev–Trinajstić information content (AvgIpc) is 3.52. The topological polar surface area (TPSA) is 4.93 Å². The Morgan fingerprint density at radius 2 is 0.857 bits per heavy atom. The van der Waals surface area contributed by atoms with Gasteiger partial charge >= 0.3 is 0 Å². The van der Waals surface area contributed by atoms with Crippen molar-refractivity contribution in [2.45, 2.75) is 0 Å². The normalized spacial score (nSPS) is 11.7. The number of hydrogen-bond acceptors (Lipinski definition) is 0. The van der Waals surface area contributed by atoms with Gasteiger partial charge < -0.3 is 4.57 Å². The molecule has 10 aromatic rings. The highest BCUT2D eigenvalue weighted by atomic mass is 15.0. The van der Waals surface area contributed by atoms with Crippen LogP contribution in [0.4, 0.5) is 0 Å². The molecule has 0 atom stereocenters. The number of rotatable bonds is 4. The molecule has 0 radical (unpaired) electrons. The number of aromatic nitrogens is 1. The summed E-state index contributed by atoms with van der Waals surface area (Å²) in [7, 11) is 0. The maximum atomic E-state index is 2.41. The molecule has 49 heavy (non-hydrogen) atoms. The summed E-state index contributed by atoms with van der Waals surface area (Å²) < 4.78 is 2.41. The zero-order valence-electron chi connectivity index (χ0n) is 26.8. The minimum absolute atomic E-state index is 1.17. The van der Waals surface area contributed by atoms with E-state index in [4.69, 9.17) is 0 Å². The Balaban J connectivity index is 1.09. The second-order valence-electron chi connectivity index (χ2n) is 13.0. The molecule has 0 spiro atoms. The summed E-state index contributed by atoms with van der Waals surface area (Å²) in [6.45, 7) is 0. The maximum Gasteiger partial charge on any atom is 0.0547 e. The number of hydrogen-bond donors (Lipinski definition) is 0. The van der Waals surface area contributed by atoms with E-state index in [9.17, 15) is 0 Å². The summed E-state index contributed by atoms with van der Waals surface area (Å²) in [5, 5.41) is 10.1. The molecule has 0 aliphatic heterocycles. The van der Waals surface area contributed by atoms with E-state index >= 15 is 0 Å². The Kier molecular flexibility index (Phi) is 6.25. The van der Waals surface area contributed by atoms with Gasteiger partial charge in [-0.1, -0.05) is 146 Å². The third-order valence-corrected chi connectivity index (χ3v) is 10.2. The zero-order valence-corrected chi connectivity index (χ0v) is 26.8. The second kappa shape index (κ2) is 11.1. The molecule has 228 valence electrons. The molecule has 1 aromatic heterocycles. The molecule has 0 amide bonds. The third-order valence-electron chi connectivity index (χ3n) is 10.2. The molecular weight excluding hydrogens is 591 g/mol. The molecule has 10 rings (SSSR count). The van der Waals surface area contributed by atoms with Crippen LogP contribution in [-0.4, -0.2) is 4.57 Å². The lowest BCUT2D eigenvalue weighted by atomic mass is 9.94. The molecule has 1 heterocycles. The average molecular weight is 622 g/mol. The van der Waals surface area contributed by atoms with E-state index in [1.165, 1.54) is 93.2 Å². The maximum absolute atomic E-state index is 2.41. The number of para-hydroxylation sites is 1.